The van der Waals surface area contributed by atoms with Crippen molar-refractivity contribution in [3.8, 4) is 22.8 Å². The lowest BCUT2D eigenvalue weighted by Gasteiger charge is -2.06. The summed E-state index contributed by atoms with van der Waals surface area (Å²) < 4.78 is 10.5. The summed E-state index contributed by atoms with van der Waals surface area (Å²) in [5.41, 5.74) is 7.31. The van der Waals surface area contributed by atoms with Crippen molar-refractivity contribution in [3.63, 3.8) is 0 Å². The SMILES string of the molecule is NC(=O)c1cc2c(cc1-c1ccc[nH]1)OCO2. The summed E-state index contributed by atoms with van der Waals surface area (Å²) in [4.78, 5) is 14.5. The first-order valence-electron chi connectivity index (χ1n) is 5.13. The number of carbonyl (C=O) groups is 1. The fourth-order valence-electron chi connectivity index (χ4n) is 1.87. The molecule has 3 N–H and O–H groups in total. The van der Waals surface area contributed by atoms with Crippen molar-refractivity contribution in [2.75, 3.05) is 6.79 Å². The molecule has 0 bridgehead atoms. The van der Waals surface area contributed by atoms with Gasteiger partial charge in [-0.3, -0.25) is 4.79 Å². The van der Waals surface area contributed by atoms with E-state index in [0.29, 0.717) is 22.6 Å². The molecule has 0 saturated heterocycles. The Labute approximate surface area is 97.2 Å². The quantitative estimate of drug-likeness (QED) is 0.820. The molecule has 0 saturated carbocycles. The molecule has 0 aliphatic carbocycles. The summed E-state index contributed by atoms with van der Waals surface area (Å²) in [7, 11) is 0. The molecule has 5 nitrogen and oxygen atoms in total. The molecular weight excluding hydrogens is 220 g/mol. The molecule has 0 fully saturated rings. The van der Waals surface area contributed by atoms with Gasteiger partial charge in [0, 0.05) is 17.5 Å². The topological polar surface area (TPSA) is 77.3 Å². The number of primary amides is 1. The highest BCUT2D eigenvalue weighted by Crippen LogP contribution is 2.38. The standard InChI is InChI=1S/C12H10N2O3/c13-12(15)8-5-11-10(16-6-17-11)4-7(8)9-2-1-3-14-9/h1-5,14H,6H2,(H2,13,15). The van der Waals surface area contributed by atoms with Crippen LogP contribution in [-0.2, 0) is 0 Å². The van der Waals surface area contributed by atoms with Crippen LogP contribution in [0.2, 0.25) is 0 Å². The van der Waals surface area contributed by atoms with E-state index in [4.69, 9.17) is 15.2 Å². The van der Waals surface area contributed by atoms with Crippen molar-refractivity contribution in [2.45, 2.75) is 0 Å². The highest BCUT2D eigenvalue weighted by Gasteiger charge is 2.20. The number of H-pyrrole nitrogens is 1. The maximum atomic E-state index is 11.4. The van der Waals surface area contributed by atoms with E-state index in [1.54, 1.807) is 18.3 Å². The Morgan fingerprint density at radius 1 is 1.29 bits per heavy atom. The second-order valence-electron chi connectivity index (χ2n) is 3.70. The minimum absolute atomic E-state index is 0.168. The van der Waals surface area contributed by atoms with Gasteiger partial charge < -0.3 is 20.2 Å². The number of hydrogen-bond acceptors (Lipinski definition) is 3. The van der Waals surface area contributed by atoms with E-state index in [0.717, 1.165) is 5.69 Å². The number of fused-ring (bicyclic) bond motifs is 1. The van der Waals surface area contributed by atoms with Crippen molar-refractivity contribution >= 4 is 5.91 Å². The Bertz CT molecular complexity index is 576. The molecule has 1 aliphatic heterocycles. The number of nitrogens with one attached hydrogen (secondary N) is 1. The van der Waals surface area contributed by atoms with Gasteiger partial charge in [0.1, 0.15) is 0 Å². The summed E-state index contributed by atoms with van der Waals surface area (Å²) in [5, 5.41) is 0. The number of hydrogen-bond donors (Lipinski definition) is 2. The molecule has 1 aliphatic rings. The van der Waals surface area contributed by atoms with E-state index in [-0.39, 0.29) is 6.79 Å². The van der Waals surface area contributed by atoms with Crippen LogP contribution in [0.15, 0.2) is 30.5 Å². The van der Waals surface area contributed by atoms with Crippen LogP contribution in [0.25, 0.3) is 11.3 Å². The van der Waals surface area contributed by atoms with Gasteiger partial charge in [-0.25, -0.2) is 0 Å². The maximum absolute atomic E-state index is 11.4. The van der Waals surface area contributed by atoms with Crippen molar-refractivity contribution in [2.24, 2.45) is 5.73 Å². The zero-order chi connectivity index (χ0) is 11.8. The van der Waals surface area contributed by atoms with Crippen molar-refractivity contribution in [3.05, 3.63) is 36.0 Å². The van der Waals surface area contributed by atoms with E-state index >= 15 is 0 Å². The largest absolute Gasteiger partial charge is 0.454 e. The Balaban J connectivity index is 2.22. The van der Waals surface area contributed by atoms with Crippen LogP contribution >= 0.6 is 0 Å². The third-order valence-electron chi connectivity index (χ3n) is 2.67. The zero-order valence-corrected chi connectivity index (χ0v) is 8.90. The Morgan fingerprint density at radius 3 is 2.71 bits per heavy atom. The smallest absolute Gasteiger partial charge is 0.249 e. The molecule has 0 radical (unpaired) electrons. The van der Waals surface area contributed by atoms with Crippen molar-refractivity contribution < 1.29 is 14.3 Å². The van der Waals surface area contributed by atoms with Crippen molar-refractivity contribution in [1.29, 1.82) is 0 Å². The lowest BCUT2D eigenvalue weighted by atomic mass is 10.0. The van der Waals surface area contributed by atoms with Crippen LogP contribution in [0, 0.1) is 0 Å². The third-order valence-corrected chi connectivity index (χ3v) is 2.67. The van der Waals surface area contributed by atoms with E-state index in [1.165, 1.54) is 0 Å². The van der Waals surface area contributed by atoms with E-state index in [9.17, 15) is 4.79 Å². The zero-order valence-electron chi connectivity index (χ0n) is 8.90. The fraction of sp³-hybridized carbons (Fsp3) is 0.0833. The van der Waals surface area contributed by atoms with E-state index in [1.807, 2.05) is 12.1 Å². The summed E-state index contributed by atoms with van der Waals surface area (Å²) in [6, 6.07) is 7.09. The lowest BCUT2D eigenvalue weighted by Crippen LogP contribution is -2.12. The van der Waals surface area contributed by atoms with Crippen LogP contribution in [0.1, 0.15) is 10.4 Å². The molecule has 1 aromatic heterocycles. The van der Waals surface area contributed by atoms with E-state index < -0.39 is 5.91 Å². The maximum Gasteiger partial charge on any atom is 0.249 e. The first-order chi connectivity index (χ1) is 8.25. The average molecular weight is 230 g/mol. The first-order valence-corrected chi connectivity index (χ1v) is 5.13. The highest BCUT2D eigenvalue weighted by atomic mass is 16.7. The van der Waals surface area contributed by atoms with Gasteiger partial charge >= 0.3 is 0 Å². The Kier molecular flexibility index (Phi) is 2.04. The number of amides is 1. The van der Waals surface area contributed by atoms with Gasteiger partial charge in [0.15, 0.2) is 11.5 Å². The van der Waals surface area contributed by atoms with Gasteiger partial charge in [-0.1, -0.05) is 0 Å². The molecule has 1 aromatic carbocycles. The summed E-state index contributed by atoms with van der Waals surface area (Å²) >= 11 is 0. The van der Waals surface area contributed by atoms with Crippen LogP contribution in [0.3, 0.4) is 0 Å². The normalized spacial score (nSPS) is 12.7. The fourth-order valence-corrected chi connectivity index (χ4v) is 1.87. The number of nitrogens with two attached hydrogens (primary N) is 1. The molecule has 0 atom stereocenters. The van der Waals surface area contributed by atoms with Gasteiger partial charge in [0.05, 0.1) is 5.56 Å². The molecule has 2 heterocycles. The second-order valence-corrected chi connectivity index (χ2v) is 3.70. The van der Waals surface area contributed by atoms with Crippen molar-refractivity contribution in [1.82, 2.24) is 4.98 Å². The monoisotopic (exact) mass is 230 g/mol. The molecular formula is C12H10N2O3. The summed E-state index contributed by atoms with van der Waals surface area (Å²) in [6.45, 7) is 0.168. The minimum Gasteiger partial charge on any atom is -0.454 e. The number of aromatic nitrogens is 1. The number of benzene rings is 1. The molecule has 2 aromatic rings. The Hall–Kier alpha value is -2.43. The van der Waals surface area contributed by atoms with Gasteiger partial charge in [-0.2, -0.15) is 0 Å². The van der Waals surface area contributed by atoms with Crippen LogP contribution < -0.4 is 15.2 Å². The van der Waals surface area contributed by atoms with Gasteiger partial charge in [-0.15, -0.1) is 0 Å². The highest BCUT2D eigenvalue weighted by molar-refractivity contribution is 6.00. The number of rotatable bonds is 2. The molecule has 5 heteroatoms. The summed E-state index contributed by atoms with van der Waals surface area (Å²) in [5.74, 6) is 0.682. The van der Waals surface area contributed by atoms with Crippen LogP contribution in [0.5, 0.6) is 11.5 Å². The van der Waals surface area contributed by atoms with Crippen LogP contribution in [0.4, 0.5) is 0 Å². The van der Waals surface area contributed by atoms with Crippen LogP contribution in [-0.4, -0.2) is 17.7 Å². The second kappa shape index (κ2) is 3.55. The molecule has 0 unspecified atom stereocenters. The van der Waals surface area contributed by atoms with Gasteiger partial charge in [-0.05, 0) is 24.3 Å². The number of aromatic amines is 1. The molecule has 86 valence electrons. The van der Waals surface area contributed by atoms with E-state index in [2.05, 4.69) is 4.98 Å². The Morgan fingerprint density at radius 2 is 2.06 bits per heavy atom. The minimum atomic E-state index is -0.493. The molecule has 17 heavy (non-hydrogen) atoms. The molecule has 3 rings (SSSR count). The molecule has 1 amide bonds. The molecule has 0 spiro atoms. The predicted molar refractivity (Wildman–Crippen MR) is 60.9 cm³/mol. The average Bonchev–Trinajstić information content (AvgIpc) is 2.98. The number of ether oxygens (including phenoxy) is 2. The lowest BCUT2D eigenvalue weighted by molar-refractivity contribution is 0.100. The van der Waals surface area contributed by atoms with Gasteiger partial charge in [0.2, 0.25) is 12.7 Å². The number of carbonyl (C=O) groups excluding carboxylic acids is 1. The van der Waals surface area contributed by atoms with Gasteiger partial charge in [0.25, 0.3) is 0 Å². The summed E-state index contributed by atoms with van der Waals surface area (Å²) in [6.07, 6.45) is 1.78. The predicted octanol–water partition coefficient (Wildman–Crippen LogP) is 1.51. The third kappa shape index (κ3) is 1.52. The first kappa shape index (κ1) is 9.77.